The van der Waals surface area contributed by atoms with Gasteiger partial charge in [-0.15, -0.1) is 0 Å². The Morgan fingerprint density at radius 2 is 2.00 bits per heavy atom. The van der Waals surface area contributed by atoms with E-state index >= 15 is 0 Å². The zero-order valence-corrected chi connectivity index (χ0v) is 11.4. The quantitative estimate of drug-likeness (QED) is 0.757. The number of hydrogen-bond donors (Lipinski definition) is 0. The van der Waals surface area contributed by atoms with Crippen LogP contribution in [0.5, 0.6) is 0 Å². The molecule has 0 N–H and O–H groups in total. The molecule has 1 heterocycles. The van der Waals surface area contributed by atoms with Crippen LogP contribution in [0.4, 0.5) is 0 Å². The van der Waals surface area contributed by atoms with Crippen LogP contribution in [0.1, 0.15) is 55.7 Å². The van der Waals surface area contributed by atoms with Gasteiger partial charge in [-0.05, 0) is 19.3 Å². The van der Waals surface area contributed by atoms with E-state index in [9.17, 15) is 4.79 Å². The largest absolute Gasteiger partial charge is 0.373 e. The van der Waals surface area contributed by atoms with Crippen molar-refractivity contribution in [2.75, 3.05) is 7.11 Å². The number of ether oxygens (including phenoxy) is 1. The van der Waals surface area contributed by atoms with E-state index in [1.165, 1.54) is 6.92 Å². The van der Waals surface area contributed by atoms with Crippen molar-refractivity contribution in [2.24, 2.45) is 5.41 Å². The summed E-state index contributed by atoms with van der Waals surface area (Å²) in [5, 5.41) is 0. The Morgan fingerprint density at radius 3 is 2.35 bits per heavy atom. The van der Waals surface area contributed by atoms with E-state index in [0.29, 0.717) is 17.1 Å². The molecule has 0 saturated carbocycles. The minimum absolute atomic E-state index is 0.0150. The molecule has 4 heteroatoms. The Bertz CT molecular complexity index is 422. The van der Waals surface area contributed by atoms with Crippen LogP contribution in [0.3, 0.4) is 0 Å². The fourth-order valence-electron chi connectivity index (χ4n) is 1.80. The molecule has 0 aliphatic rings. The third-order valence-corrected chi connectivity index (χ3v) is 2.63. The Hall–Kier alpha value is -1.29. The number of carbonyl (C=O) groups is 1. The fraction of sp³-hybridized carbons (Fsp3) is 0.615. The summed E-state index contributed by atoms with van der Waals surface area (Å²) in [4.78, 5) is 19.9. The van der Waals surface area contributed by atoms with E-state index in [0.717, 1.165) is 0 Å². The number of ketones is 1. The SMILES string of the molecule is COC(c1ncc(C(C)=O)c(C)n1)C(C)(C)C. The summed E-state index contributed by atoms with van der Waals surface area (Å²) in [5.41, 5.74) is 1.19. The van der Waals surface area contributed by atoms with E-state index < -0.39 is 0 Å². The highest BCUT2D eigenvalue weighted by molar-refractivity contribution is 5.94. The van der Waals surface area contributed by atoms with Gasteiger partial charge >= 0.3 is 0 Å². The van der Waals surface area contributed by atoms with Gasteiger partial charge in [0.15, 0.2) is 11.6 Å². The predicted octanol–water partition coefficient (Wildman–Crippen LogP) is 2.72. The van der Waals surface area contributed by atoms with Gasteiger partial charge in [-0.25, -0.2) is 9.97 Å². The maximum absolute atomic E-state index is 11.3. The molecule has 0 saturated heterocycles. The first-order chi connectivity index (χ1) is 7.77. The second-order valence-electron chi connectivity index (χ2n) is 5.27. The Kier molecular flexibility index (Phi) is 3.98. The second kappa shape index (κ2) is 4.92. The van der Waals surface area contributed by atoms with Crippen LogP contribution in [0.2, 0.25) is 0 Å². The summed E-state index contributed by atoms with van der Waals surface area (Å²) >= 11 is 0. The molecule has 17 heavy (non-hydrogen) atoms. The Labute approximate surface area is 102 Å². The first-order valence-corrected chi connectivity index (χ1v) is 5.64. The van der Waals surface area contributed by atoms with Crippen LogP contribution in [0, 0.1) is 12.3 Å². The van der Waals surface area contributed by atoms with Gasteiger partial charge in [0.25, 0.3) is 0 Å². The fourth-order valence-corrected chi connectivity index (χ4v) is 1.80. The molecule has 94 valence electrons. The van der Waals surface area contributed by atoms with E-state index in [1.54, 1.807) is 13.3 Å². The monoisotopic (exact) mass is 236 g/mol. The van der Waals surface area contributed by atoms with Crippen molar-refractivity contribution >= 4 is 5.78 Å². The lowest BCUT2D eigenvalue weighted by Crippen LogP contribution is -2.23. The van der Waals surface area contributed by atoms with Crippen LogP contribution in [0.25, 0.3) is 0 Å². The number of aromatic nitrogens is 2. The lowest BCUT2D eigenvalue weighted by Gasteiger charge is -2.28. The summed E-state index contributed by atoms with van der Waals surface area (Å²) in [5.74, 6) is 0.612. The highest BCUT2D eigenvalue weighted by Gasteiger charge is 2.29. The third-order valence-electron chi connectivity index (χ3n) is 2.63. The Morgan fingerprint density at radius 1 is 1.41 bits per heavy atom. The van der Waals surface area contributed by atoms with Gasteiger partial charge in [0.05, 0.1) is 11.3 Å². The topological polar surface area (TPSA) is 52.1 Å². The van der Waals surface area contributed by atoms with Gasteiger partial charge in [0, 0.05) is 13.3 Å². The molecule has 0 aliphatic heterocycles. The van der Waals surface area contributed by atoms with E-state index in [2.05, 4.69) is 30.7 Å². The highest BCUT2D eigenvalue weighted by Crippen LogP contribution is 2.33. The number of aryl methyl sites for hydroxylation is 1. The average molecular weight is 236 g/mol. The number of carbonyl (C=O) groups excluding carboxylic acids is 1. The average Bonchev–Trinajstić information content (AvgIpc) is 2.15. The molecule has 1 unspecified atom stereocenters. The molecule has 1 aromatic rings. The maximum Gasteiger partial charge on any atom is 0.163 e. The standard InChI is InChI=1S/C13H20N2O2/c1-8-10(9(2)16)7-14-12(15-8)11(17-6)13(3,4)5/h7,11H,1-6H3. The first-order valence-electron chi connectivity index (χ1n) is 5.64. The molecule has 1 rings (SSSR count). The van der Waals surface area contributed by atoms with Crippen LogP contribution >= 0.6 is 0 Å². The lowest BCUT2D eigenvalue weighted by molar-refractivity contribution is 0.00851. The second-order valence-corrected chi connectivity index (χ2v) is 5.27. The predicted molar refractivity (Wildman–Crippen MR) is 66.0 cm³/mol. The first kappa shape index (κ1) is 13.8. The van der Waals surface area contributed by atoms with Crippen LogP contribution in [0.15, 0.2) is 6.20 Å². The van der Waals surface area contributed by atoms with Gasteiger partial charge < -0.3 is 4.74 Å². The van der Waals surface area contributed by atoms with Crippen LogP contribution in [-0.4, -0.2) is 22.9 Å². The molecule has 0 fully saturated rings. The van der Waals surface area contributed by atoms with E-state index in [4.69, 9.17) is 4.74 Å². The minimum Gasteiger partial charge on any atom is -0.373 e. The maximum atomic E-state index is 11.3. The van der Waals surface area contributed by atoms with Crippen molar-refractivity contribution in [3.05, 3.63) is 23.3 Å². The summed E-state index contributed by atoms with van der Waals surface area (Å²) in [7, 11) is 1.65. The van der Waals surface area contributed by atoms with E-state index in [1.807, 2.05) is 6.92 Å². The van der Waals surface area contributed by atoms with Crippen molar-refractivity contribution in [3.63, 3.8) is 0 Å². The van der Waals surface area contributed by atoms with E-state index in [-0.39, 0.29) is 17.3 Å². The highest BCUT2D eigenvalue weighted by atomic mass is 16.5. The van der Waals surface area contributed by atoms with Gasteiger partial charge in [-0.3, -0.25) is 4.79 Å². The summed E-state index contributed by atoms with van der Waals surface area (Å²) in [6.45, 7) is 9.54. The smallest absolute Gasteiger partial charge is 0.163 e. The van der Waals surface area contributed by atoms with Crippen molar-refractivity contribution < 1.29 is 9.53 Å². The summed E-state index contributed by atoms with van der Waals surface area (Å²) < 4.78 is 5.45. The molecular weight excluding hydrogens is 216 g/mol. The van der Waals surface area contributed by atoms with Crippen molar-refractivity contribution in [3.8, 4) is 0 Å². The molecule has 0 spiro atoms. The molecule has 0 aliphatic carbocycles. The number of nitrogens with zero attached hydrogens (tertiary/aromatic N) is 2. The number of Topliss-reactive ketones (excluding diaryl/α,β-unsaturated/α-hetero) is 1. The summed E-state index contributed by atoms with van der Waals surface area (Å²) in [6, 6.07) is 0. The molecule has 0 aromatic carbocycles. The number of methoxy groups -OCH3 is 1. The molecule has 0 amide bonds. The zero-order valence-electron chi connectivity index (χ0n) is 11.4. The normalized spacial score (nSPS) is 13.5. The van der Waals surface area contributed by atoms with Crippen LogP contribution in [-0.2, 0) is 4.74 Å². The third kappa shape index (κ3) is 3.09. The van der Waals surface area contributed by atoms with Crippen LogP contribution < -0.4 is 0 Å². The molecule has 0 bridgehead atoms. The summed E-state index contributed by atoms with van der Waals surface area (Å²) in [6.07, 6.45) is 1.40. The van der Waals surface area contributed by atoms with Gasteiger partial charge in [0.2, 0.25) is 0 Å². The van der Waals surface area contributed by atoms with Crippen molar-refractivity contribution in [2.45, 2.75) is 40.7 Å². The molecule has 1 atom stereocenters. The zero-order chi connectivity index (χ0) is 13.2. The van der Waals surface area contributed by atoms with Gasteiger partial charge in [-0.1, -0.05) is 20.8 Å². The number of hydrogen-bond acceptors (Lipinski definition) is 4. The minimum atomic E-state index is -0.179. The van der Waals surface area contributed by atoms with Gasteiger partial charge in [-0.2, -0.15) is 0 Å². The number of rotatable bonds is 3. The Balaban J connectivity index is 3.16. The van der Waals surface area contributed by atoms with Crippen molar-refractivity contribution in [1.82, 2.24) is 9.97 Å². The van der Waals surface area contributed by atoms with Crippen molar-refractivity contribution in [1.29, 1.82) is 0 Å². The lowest BCUT2D eigenvalue weighted by atomic mass is 9.88. The molecule has 1 aromatic heterocycles. The molecule has 4 nitrogen and oxygen atoms in total. The molecular formula is C13H20N2O2. The van der Waals surface area contributed by atoms with Gasteiger partial charge in [0.1, 0.15) is 6.10 Å². The molecule has 0 radical (unpaired) electrons.